The molecule has 1 saturated heterocycles. The van der Waals surface area contributed by atoms with Crippen molar-refractivity contribution in [2.45, 2.75) is 39.2 Å². The van der Waals surface area contributed by atoms with Gasteiger partial charge in [-0.25, -0.2) is 4.79 Å². The van der Waals surface area contributed by atoms with Crippen molar-refractivity contribution >= 4 is 17.8 Å². The molecule has 0 saturated carbocycles. The van der Waals surface area contributed by atoms with E-state index >= 15 is 0 Å². The van der Waals surface area contributed by atoms with Crippen LogP contribution in [0.25, 0.3) is 0 Å². The lowest BCUT2D eigenvalue weighted by Gasteiger charge is -2.13. The molecule has 124 valence electrons. The number of carbonyl (C=O) groups is 3. The molecule has 0 aliphatic carbocycles. The number of hydrogen-bond acceptors (Lipinski definition) is 3. The van der Waals surface area contributed by atoms with Crippen molar-refractivity contribution in [3.8, 4) is 0 Å². The minimum absolute atomic E-state index is 0.224. The summed E-state index contributed by atoms with van der Waals surface area (Å²) < 4.78 is 0. The first kappa shape index (κ1) is 17.0. The fraction of sp³-hybridized carbons (Fsp3) is 0.471. The van der Waals surface area contributed by atoms with E-state index in [1.54, 1.807) is 0 Å². The van der Waals surface area contributed by atoms with Crippen LogP contribution in [0.3, 0.4) is 0 Å². The monoisotopic (exact) mass is 317 g/mol. The van der Waals surface area contributed by atoms with Crippen LogP contribution in [0.5, 0.6) is 0 Å². The summed E-state index contributed by atoms with van der Waals surface area (Å²) in [6.45, 7) is 4.23. The summed E-state index contributed by atoms with van der Waals surface area (Å²) in [5, 5.41) is 5.37. The van der Waals surface area contributed by atoms with Crippen molar-refractivity contribution < 1.29 is 14.4 Å². The lowest BCUT2D eigenvalue weighted by atomic mass is 10.1. The van der Waals surface area contributed by atoms with Gasteiger partial charge in [-0.2, -0.15) is 0 Å². The van der Waals surface area contributed by atoms with Crippen LogP contribution in [-0.4, -0.2) is 41.9 Å². The molecule has 1 aromatic carbocycles. The Bertz CT molecular complexity index is 601. The maximum Gasteiger partial charge on any atom is 0.325 e. The molecule has 1 aliphatic heterocycles. The second-order valence-corrected chi connectivity index (χ2v) is 5.74. The number of carbonyl (C=O) groups excluding carboxylic acids is 3. The number of nitrogens with one attached hydrogen (secondary N) is 2. The van der Waals surface area contributed by atoms with E-state index in [9.17, 15) is 14.4 Å². The first-order valence-electron chi connectivity index (χ1n) is 7.96. The number of urea groups is 1. The third-order valence-corrected chi connectivity index (χ3v) is 3.96. The van der Waals surface area contributed by atoms with Crippen LogP contribution in [0.15, 0.2) is 24.3 Å². The molecule has 6 heteroatoms. The maximum atomic E-state index is 12.0. The van der Waals surface area contributed by atoms with E-state index in [2.05, 4.69) is 10.6 Å². The summed E-state index contributed by atoms with van der Waals surface area (Å²) in [5.41, 5.74) is 2.35. The Kier molecular flexibility index (Phi) is 5.73. The highest BCUT2D eigenvalue weighted by molar-refractivity contribution is 6.06. The fourth-order valence-electron chi connectivity index (χ4n) is 2.64. The van der Waals surface area contributed by atoms with E-state index in [1.165, 1.54) is 11.1 Å². The maximum absolute atomic E-state index is 12.0. The minimum Gasteiger partial charge on any atom is -0.354 e. The second-order valence-electron chi connectivity index (χ2n) is 5.74. The van der Waals surface area contributed by atoms with Gasteiger partial charge in [0, 0.05) is 6.54 Å². The number of nitrogens with zero attached hydrogens (tertiary/aromatic N) is 1. The molecule has 1 aromatic rings. The average molecular weight is 317 g/mol. The van der Waals surface area contributed by atoms with Crippen molar-refractivity contribution in [3.05, 3.63) is 35.4 Å². The molecule has 0 unspecified atom stereocenters. The Balaban J connectivity index is 1.80. The van der Waals surface area contributed by atoms with Gasteiger partial charge in [-0.05, 0) is 30.9 Å². The molecular formula is C17H23N3O3. The van der Waals surface area contributed by atoms with Crippen LogP contribution in [-0.2, 0) is 16.0 Å². The number of amides is 4. The van der Waals surface area contributed by atoms with Gasteiger partial charge in [-0.15, -0.1) is 0 Å². The van der Waals surface area contributed by atoms with Crippen molar-refractivity contribution in [2.75, 3.05) is 13.1 Å². The highest BCUT2D eigenvalue weighted by Crippen LogP contribution is 2.10. The summed E-state index contributed by atoms with van der Waals surface area (Å²) in [6.07, 6.45) is 2.11. The van der Waals surface area contributed by atoms with Gasteiger partial charge in [0.1, 0.15) is 12.6 Å². The predicted octanol–water partition coefficient (Wildman–Crippen LogP) is 1.37. The normalized spacial score (nSPS) is 17.3. The molecular weight excluding hydrogens is 294 g/mol. The molecule has 6 nitrogen and oxygen atoms in total. The van der Waals surface area contributed by atoms with Gasteiger partial charge in [0.2, 0.25) is 5.91 Å². The van der Waals surface area contributed by atoms with E-state index in [0.29, 0.717) is 13.0 Å². The SMILES string of the molecule is CCC[C@@H]1NC(=O)N(CC(=O)NCCc2ccccc2C)C1=O. The zero-order chi connectivity index (χ0) is 16.8. The van der Waals surface area contributed by atoms with Crippen molar-refractivity contribution in [2.24, 2.45) is 0 Å². The zero-order valence-corrected chi connectivity index (χ0v) is 13.6. The summed E-state index contributed by atoms with van der Waals surface area (Å²) in [6, 6.07) is 7.01. The molecule has 2 N–H and O–H groups in total. The lowest BCUT2D eigenvalue weighted by molar-refractivity contribution is -0.132. The van der Waals surface area contributed by atoms with E-state index in [-0.39, 0.29) is 18.4 Å². The van der Waals surface area contributed by atoms with E-state index < -0.39 is 12.1 Å². The van der Waals surface area contributed by atoms with Gasteiger partial charge in [0.15, 0.2) is 0 Å². The standard InChI is InChI=1S/C17H23N3O3/c1-3-6-14-16(22)20(17(23)19-14)11-15(21)18-10-9-13-8-5-4-7-12(13)2/h4-5,7-8,14H,3,6,9-11H2,1-2H3,(H,18,21)(H,19,23)/t14-/m0/s1. The topological polar surface area (TPSA) is 78.5 Å². The van der Waals surface area contributed by atoms with Crippen LogP contribution in [0.2, 0.25) is 0 Å². The quantitative estimate of drug-likeness (QED) is 0.746. The minimum atomic E-state index is -0.493. The van der Waals surface area contributed by atoms with Gasteiger partial charge >= 0.3 is 6.03 Å². The number of benzene rings is 1. The fourth-order valence-corrected chi connectivity index (χ4v) is 2.64. The first-order valence-corrected chi connectivity index (χ1v) is 7.96. The zero-order valence-electron chi connectivity index (χ0n) is 13.6. The van der Waals surface area contributed by atoms with E-state index in [0.717, 1.165) is 17.7 Å². The Morgan fingerprint density at radius 3 is 2.74 bits per heavy atom. The predicted molar refractivity (Wildman–Crippen MR) is 86.8 cm³/mol. The van der Waals surface area contributed by atoms with Gasteiger partial charge < -0.3 is 10.6 Å². The van der Waals surface area contributed by atoms with Crippen LogP contribution in [0.1, 0.15) is 30.9 Å². The van der Waals surface area contributed by atoms with Crippen LogP contribution < -0.4 is 10.6 Å². The molecule has 0 aromatic heterocycles. The molecule has 1 atom stereocenters. The van der Waals surface area contributed by atoms with Gasteiger partial charge in [-0.3, -0.25) is 14.5 Å². The molecule has 4 amide bonds. The van der Waals surface area contributed by atoms with Gasteiger partial charge in [-0.1, -0.05) is 37.6 Å². The smallest absolute Gasteiger partial charge is 0.325 e. The molecule has 1 aliphatic rings. The molecule has 1 fully saturated rings. The van der Waals surface area contributed by atoms with Crippen molar-refractivity contribution in [1.82, 2.24) is 15.5 Å². The highest BCUT2D eigenvalue weighted by atomic mass is 16.2. The second kappa shape index (κ2) is 7.76. The molecule has 0 bridgehead atoms. The Morgan fingerprint density at radius 2 is 2.04 bits per heavy atom. The number of rotatable bonds is 7. The van der Waals surface area contributed by atoms with Crippen LogP contribution >= 0.6 is 0 Å². The Hall–Kier alpha value is -2.37. The third-order valence-electron chi connectivity index (χ3n) is 3.96. The Labute approximate surface area is 136 Å². The largest absolute Gasteiger partial charge is 0.354 e. The Morgan fingerprint density at radius 1 is 1.30 bits per heavy atom. The third kappa shape index (κ3) is 4.31. The number of imide groups is 1. The number of hydrogen-bond donors (Lipinski definition) is 2. The van der Waals surface area contributed by atoms with E-state index in [1.807, 2.05) is 38.1 Å². The average Bonchev–Trinajstić information content (AvgIpc) is 2.77. The summed E-state index contributed by atoms with van der Waals surface area (Å²) in [5.74, 6) is -0.634. The summed E-state index contributed by atoms with van der Waals surface area (Å²) >= 11 is 0. The van der Waals surface area contributed by atoms with Crippen LogP contribution in [0, 0.1) is 6.92 Å². The lowest BCUT2D eigenvalue weighted by Crippen LogP contribution is -2.41. The molecule has 2 rings (SSSR count). The van der Waals surface area contributed by atoms with Gasteiger partial charge in [0.25, 0.3) is 5.91 Å². The first-order chi connectivity index (χ1) is 11.0. The van der Waals surface area contributed by atoms with Crippen molar-refractivity contribution in [3.63, 3.8) is 0 Å². The van der Waals surface area contributed by atoms with Gasteiger partial charge in [0.05, 0.1) is 0 Å². The van der Waals surface area contributed by atoms with Crippen LogP contribution in [0.4, 0.5) is 4.79 Å². The summed E-state index contributed by atoms with van der Waals surface area (Å²) in [7, 11) is 0. The number of aryl methyl sites for hydroxylation is 1. The van der Waals surface area contributed by atoms with Crippen molar-refractivity contribution in [1.29, 1.82) is 0 Å². The molecule has 0 spiro atoms. The van der Waals surface area contributed by atoms with E-state index in [4.69, 9.17) is 0 Å². The molecule has 0 radical (unpaired) electrons. The molecule has 23 heavy (non-hydrogen) atoms. The summed E-state index contributed by atoms with van der Waals surface area (Å²) in [4.78, 5) is 36.7. The molecule has 1 heterocycles. The highest BCUT2D eigenvalue weighted by Gasteiger charge is 2.38.